The number of rotatable bonds is 4. The van der Waals surface area contributed by atoms with Crippen molar-refractivity contribution in [2.24, 2.45) is 5.73 Å². The Morgan fingerprint density at radius 3 is 2.73 bits per heavy atom. The van der Waals surface area contributed by atoms with Crippen LogP contribution in [-0.2, 0) is 6.42 Å². The summed E-state index contributed by atoms with van der Waals surface area (Å²) in [6.45, 7) is 2.32. The lowest BCUT2D eigenvalue weighted by Crippen LogP contribution is -2.00. The van der Waals surface area contributed by atoms with E-state index in [1.165, 1.54) is 0 Å². The van der Waals surface area contributed by atoms with E-state index in [2.05, 4.69) is 20.3 Å². The molecular formula is C8H11N5O2. The van der Waals surface area contributed by atoms with Crippen LogP contribution < -0.4 is 5.73 Å². The summed E-state index contributed by atoms with van der Waals surface area (Å²) in [5, 5.41) is 7.37. The number of hydrogen-bond acceptors (Lipinski definition) is 7. The molecule has 2 rings (SSSR count). The molecule has 2 heterocycles. The fraction of sp³-hybridized carbons (Fsp3) is 0.500. The molecule has 0 saturated heterocycles. The Morgan fingerprint density at radius 1 is 1.20 bits per heavy atom. The molecule has 0 aromatic carbocycles. The summed E-state index contributed by atoms with van der Waals surface area (Å²) in [4.78, 5) is 8.09. The number of nitrogens with zero attached hydrogens (tertiary/aromatic N) is 4. The molecule has 0 atom stereocenters. The smallest absolute Gasteiger partial charge is 0.299 e. The van der Waals surface area contributed by atoms with Crippen molar-refractivity contribution in [1.29, 1.82) is 0 Å². The van der Waals surface area contributed by atoms with Gasteiger partial charge in [-0.3, -0.25) is 0 Å². The van der Waals surface area contributed by atoms with Crippen molar-refractivity contribution in [2.45, 2.75) is 19.8 Å². The van der Waals surface area contributed by atoms with Crippen molar-refractivity contribution in [1.82, 2.24) is 20.3 Å². The standard InChI is InChI=1S/C8H11N5O2/c1-5-10-8(15-12-5)7-11-6(14-13-7)3-2-4-9/h2-4,9H2,1H3. The molecule has 0 unspecified atom stereocenters. The quantitative estimate of drug-likeness (QED) is 0.773. The van der Waals surface area contributed by atoms with E-state index in [-0.39, 0.29) is 5.89 Å². The Labute approximate surface area is 85.7 Å². The molecule has 2 aromatic rings. The van der Waals surface area contributed by atoms with E-state index >= 15 is 0 Å². The molecule has 0 fully saturated rings. The molecule has 0 spiro atoms. The van der Waals surface area contributed by atoms with Gasteiger partial charge in [-0.2, -0.15) is 9.97 Å². The third-order valence-corrected chi connectivity index (χ3v) is 1.78. The summed E-state index contributed by atoms with van der Waals surface area (Å²) >= 11 is 0. The maximum atomic E-state index is 5.37. The van der Waals surface area contributed by atoms with Crippen LogP contribution in [0.15, 0.2) is 9.05 Å². The number of hydrogen-bond donors (Lipinski definition) is 1. The molecular weight excluding hydrogens is 198 g/mol. The predicted octanol–water partition coefficient (Wildman–Crippen LogP) is 0.319. The average Bonchev–Trinajstić information content (AvgIpc) is 2.83. The van der Waals surface area contributed by atoms with Gasteiger partial charge in [-0.15, -0.1) is 0 Å². The third-order valence-electron chi connectivity index (χ3n) is 1.78. The van der Waals surface area contributed by atoms with E-state index in [0.717, 1.165) is 6.42 Å². The largest absolute Gasteiger partial charge is 0.339 e. The molecule has 2 N–H and O–H groups in total. The molecule has 0 amide bonds. The minimum atomic E-state index is 0.273. The maximum Gasteiger partial charge on any atom is 0.299 e. The van der Waals surface area contributed by atoms with E-state index in [4.69, 9.17) is 14.8 Å². The first kappa shape index (κ1) is 9.78. The van der Waals surface area contributed by atoms with Gasteiger partial charge in [0.25, 0.3) is 11.7 Å². The highest BCUT2D eigenvalue weighted by molar-refractivity contribution is 5.37. The van der Waals surface area contributed by atoms with Crippen LogP contribution in [0.25, 0.3) is 11.7 Å². The highest BCUT2D eigenvalue weighted by Crippen LogP contribution is 2.13. The van der Waals surface area contributed by atoms with Gasteiger partial charge in [0.05, 0.1) is 0 Å². The summed E-state index contributed by atoms with van der Waals surface area (Å²) in [5.74, 6) is 1.67. The molecule has 2 aromatic heterocycles. The van der Waals surface area contributed by atoms with Crippen LogP contribution >= 0.6 is 0 Å². The molecule has 0 radical (unpaired) electrons. The zero-order valence-electron chi connectivity index (χ0n) is 8.30. The van der Waals surface area contributed by atoms with Crippen molar-refractivity contribution in [2.75, 3.05) is 6.54 Å². The van der Waals surface area contributed by atoms with E-state index < -0.39 is 0 Å². The molecule has 7 nitrogen and oxygen atoms in total. The van der Waals surface area contributed by atoms with Gasteiger partial charge in [0.15, 0.2) is 5.82 Å². The zero-order valence-corrected chi connectivity index (χ0v) is 8.30. The van der Waals surface area contributed by atoms with Gasteiger partial charge in [-0.05, 0) is 19.9 Å². The van der Waals surface area contributed by atoms with Crippen LogP contribution in [0.4, 0.5) is 0 Å². The zero-order chi connectivity index (χ0) is 10.7. The van der Waals surface area contributed by atoms with E-state index in [9.17, 15) is 0 Å². The fourth-order valence-corrected chi connectivity index (χ4v) is 1.08. The predicted molar refractivity (Wildman–Crippen MR) is 49.7 cm³/mol. The van der Waals surface area contributed by atoms with Crippen molar-refractivity contribution >= 4 is 0 Å². The summed E-state index contributed by atoms with van der Waals surface area (Å²) in [6.07, 6.45) is 1.47. The van der Waals surface area contributed by atoms with E-state index in [1.807, 2.05) is 0 Å². The molecule has 0 aliphatic rings. The van der Waals surface area contributed by atoms with Gasteiger partial charge in [-0.25, -0.2) is 0 Å². The van der Waals surface area contributed by atoms with Crippen molar-refractivity contribution in [3.05, 3.63) is 11.7 Å². The second kappa shape index (κ2) is 4.18. The minimum absolute atomic E-state index is 0.273. The normalized spacial score (nSPS) is 10.8. The van der Waals surface area contributed by atoms with Gasteiger partial charge >= 0.3 is 0 Å². The lowest BCUT2D eigenvalue weighted by Gasteiger charge is -1.87. The summed E-state index contributed by atoms with van der Waals surface area (Å²) in [7, 11) is 0. The van der Waals surface area contributed by atoms with Crippen LogP contribution in [-0.4, -0.2) is 26.8 Å². The highest BCUT2D eigenvalue weighted by Gasteiger charge is 2.13. The topological polar surface area (TPSA) is 104 Å². The SMILES string of the molecule is Cc1noc(-c2noc(CCCN)n2)n1. The van der Waals surface area contributed by atoms with Gasteiger partial charge in [-0.1, -0.05) is 10.3 Å². The Hall–Kier alpha value is -1.76. The monoisotopic (exact) mass is 209 g/mol. The van der Waals surface area contributed by atoms with E-state index in [1.54, 1.807) is 6.92 Å². The van der Waals surface area contributed by atoms with Crippen LogP contribution in [0.1, 0.15) is 18.1 Å². The maximum absolute atomic E-state index is 5.37. The van der Waals surface area contributed by atoms with Crippen molar-refractivity contribution in [3.8, 4) is 11.7 Å². The molecule has 0 bridgehead atoms. The first-order valence-corrected chi connectivity index (χ1v) is 4.63. The molecule has 0 aliphatic carbocycles. The lowest BCUT2D eigenvalue weighted by molar-refractivity contribution is 0.372. The summed E-state index contributed by atoms with van der Waals surface area (Å²) < 4.78 is 9.88. The Kier molecular flexibility index (Phi) is 2.72. The molecule has 7 heteroatoms. The lowest BCUT2D eigenvalue weighted by atomic mass is 10.3. The van der Waals surface area contributed by atoms with Gasteiger partial charge in [0.1, 0.15) is 0 Å². The third kappa shape index (κ3) is 2.18. The van der Waals surface area contributed by atoms with Gasteiger partial charge < -0.3 is 14.8 Å². The van der Waals surface area contributed by atoms with Crippen LogP contribution in [0.2, 0.25) is 0 Å². The van der Waals surface area contributed by atoms with Crippen LogP contribution in [0.5, 0.6) is 0 Å². The Balaban J connectivity index is 2.13. The van der Waals surface area contributed by atoms with E-state index in [0.29, 0.717) is 30.5 Å². The first-order valence-electron chi connectivity index (χ1n) is 4.63. The summed E-state index contributed by atoms with van der Waals surface area (Å²) in [6, 6.07) is 0. The fourth-order valence-electron chi connectivity index (χ4n) is 1.08. The highest BCUT2D eigenvalue weighted by atomic mass is 16.5. The van der Waals surface area contributed by atoms with Crippen LogP contribution in [0.3, 0.4) is 0 Å². The molecule has 80 valence electrons. The van der Waals surface area contributed by atoms with Crippen molar-refractivity contribution < 1.29 is 9.05 Å². The molecule has 0 saturated carbocycles. The number of nitrogens with two attached hydrogens (primary N) is 1. The first-order chi connectivity index (χ1) is 7.29. The van der Waals surface area contributed by atoms with Gasteiger partial charge in [0.2, 0.25) is 5.89 Å². The minimum Gasteiger partial charge on any atom is -0.339 e. The average molecular weight is 209 g/mol. The second-order valence-electron chi connectivity index (χ2n) is 3.05. The number of aromatic nitrogens is 4. The summed E-state index contributed by atoms with van der Waals surface area (Å²) in [5.41, 5.74) is 5.37. The van der Waals surface area contributed by atoms with Crippen molar-refractivity contribution in [3.63, 3.8) is 0 Å². The molecule has 0 aliphatic heterocycles. The second-order valence-corrected chi connectivity index (χ2v) is 3.05. The van der Waals surface area contributed by atoms with Gasteiger partial charge in [0, 0.05) is 6.42 Å². The molecule has 15 heavy (non-hydrogen) atoms. The Bertz CT molecular complexity index is 436. The number of aryl methyl sites for hydroxylation is 2. The van der Waals surface area contributed by atoms with Crippen LogP contribution in [0, 0.1) is 6.92 Å². The Morgan fingerprint density at radius 2 is 2.07 bits per heavy atom.